The van der Waals surface area contributed by atoms with Crippen LogP contribution < -0.4 is 10.0 Å². The van der Waals surface area contributed by atoms with Crippen molar-refractivity contribution in [1.29, 1.82) is 0 Å². The third-order valence-corrected chi connectivity index (χ3v) is 5.61. The fourth-order valence-electron chi connectivity index (χ4n) is 2.17. The minimum atomic E-state index is -3.65. The van der Waals surface area contributed by atoms with E-state index in [2.05, 4.69) is 10.0 Å². The molecule has 1 saturated heterocycles. The highest BCUT2D eigenvalue weighted by Gasteiger charge is 2.22. The van der Waals surface area contributed by atoms with Gasteiger partial charge in [0.15, 0.2) is 0 Å². The van der Waals surface area contributed by atoms with Gasteiger partial charge in [0.25, 0.3) is 0 Å². The smallest absolute Gasteiger partial charge is 0.243 e. The largest absolute Gasteiger partial charge is 0.316 e. The lowest BCUT2D eigenvalue weighted by Gasteiger charge is -2.12. The summed E-state index contributed by atoms with van der Waals surface area (Å²) in [4.78, 5) is -0.0390. The third kappa shape index (κ3) is 3.83. The van der Waals surface area contributed by atoms with Gasteiger partial charge in [-0.05, 0) is 44.0 Å². The van der Waals surface area contributed by atoms with Gasteiger partial charge in [0.2, 0.25) is 10.0 Å². The van der Waals surface area contributed by atoms with Crippen molar-refractivity contribution in [3.63, 3.8) is 0 Å². The monoisotopic (exact) mass is 322 g/mol. The molecule has 0 aliphatic carbocycles. The number of sulfonamides is 1. The third-order valence-electron chi connectivity index (χ3n) is 3.19. The number of benzene rings is 1. The van der Waals surface area contributed by atoms with Crippen molar-refractivity contribution in [2.75, 3.05) is 19.6 Å². The second kappa shape index (κ2) is 6.41. The first-order valence-corrected chi connectivity index (χ1v) is 8.39. The van der Waals surface area contributed by atoms with Crippen LogP contribution in [0.25, 0.3) is 0 Å². The SMILES string of the molecule is O=S(=O)(NCC[C@H]1CCNC1)c1c(Cl)cccc1Cl. The van der Waals surface area contributed by atoms with E-state index in [9.17, 15) is 8.42 Å². The molecule has 1 aromatic rings. The molecule has 1 aliphatic rings. The molecule has 0 saturated carbocycles. The van der Waals surface area contributed by atoms with Gasteiger partial charge in [0.1, 0.15) is 4.90 Å². The standard InChI is InChI=1S/C12H16Cl2N2O2S/c13-10-2-1-3-11(14)12(10)19(17,18)16-7-5-9-4-6-15-8-9/h1-3,9,15-16H,4-8H2/t9-/m1/s1. The predicted molar refractivity (Wildman–Crippen MR) is 77.2 cm³/mol. The number of rotatable bonds is 5. The van der Waals surface area contributed by atoms with Crippen molar-refractivity contribution in [1.82, 2.24) is 10.0 Å². The Morgan fingerprint density at radius 2 is 2.00 bits per heavy atom. The molecule has 1 aliphatic heterocycles. The van der Waals surface area contributed by atoms with Crippen LogP contribution in [0, 0.1) is 5.92 Å². The fourth-order valence-corrected chi connectivity index (χ4v) is 4.36. The summed E-state index contributed by atoms with van der Waals surface area (Å²) in [6, 6.07) is 4.65. The van der Waals surface area contributed by atoms with Crippen LogP contribution >= 0.6 is 23.2 Å². The van der Waals surface area contributed by atoms with Gasteiger partial charge >= 0.3 is 0 Å². The maximum absolute atomic E-state index is 12.2. The van der Waals surface area contributed by atoms with Crippen LogP contribution in [0.2, 0.25) is 10.0 Å². The highest BCUT2D eigenvalue weighted by Crippen LogP contribution is 2.28. The number of hydrogen-bond donors (Lipinski definition) is 2. The first-order valence-electron chi connectivity index (χ1n) is 6.15. The van der Waals surface area contributed by atoms with Crippen LogP contribution in [0.3, 0.4) is 0 Å². The number of nitrogens with one attached hydrogen (secondary N) is 2. The van der Waals surface area contributed by atoms with Crippen LogP contribution in [-0.4, -0.2) is 28.1 Å². The summed E-state index contributed by atoms with van der Waals surface area (Å²) in [6.45, 7) is 2.36. The first kappa shape index (κ1) is 15.1. The Labute approximate surface area is 123 Å². The van der Waals surface area contributed by atoms with Gasteiger partial charge in [-0.15, -0.1) is 0 Å². The van der Waals surface area contributed by atoms with E-state index >= 15 is 0 Å². The molecule has 0 aromatic heterocycles. The maximum atomic E-state index is 12.2. The molecule has 1 fully saturated rings. The summed E-state index contributed by atoms with van der Waals surface area (Å²) >= 11 is 11.8. The van der Waals surface area contributed by atoms with E-state index in [1.54, 1.807) is 6.07 Å². The van der Waals surface area contributed by atoms with E-state index in [0.29, 0.717) is 12.5 Å². The van der Waals surface area contributed by atoms with Gasteiger partial charge in [-0.1, -0.05) is 29.3 Å². The van der Waals surface area contributed by atoms with E-state index in [0.717, 1.165) is 25.9 Å². The summed E-state index contributed by atoms with van der Waals surface area (Å²) in [6.07, 6.45) is 1.91. The topological polar surface area (TPSA) is 58.2 Å². The van der Waals surface area contributed by atoms with E-state index < -0.39 is 10.0 Å². The van der Waals surface area contributed by atoms with Gasteiger partial charge < -0.3 is 5.32 Å². The Kier molecular flexibility index (Phi) is 5.09. The Morgan fingerprint density at radius 3 is 2.58 bits per heavy atom. The zero-order valence-electron chi connectivity index (χ0n) is 10.3. The van der Waals surface area contributed by atoms with Crippen LogP contribution in [0.5, 0.6) is 0 Å². The van der Waals surface area contributed by atoms with Gasteiger partial charge in [0.05, 0.1) is 10.0 Å². The Morgan fingerprint density at radius 1 is 1.32 bits per heavy atom. The lowest BCUT2D eigenvalue weighted by Crippen LogP contribution is -2.27. The molecule has 2 rings (SSSR count). The van der Waals surface area contributed by atoms with Crippen molar-refractivity contribution in [3.8, 4) is 0 Å². The molecule has 0 bridgehead atoms. The van der Waals surface area contributed by atoms with Crippen LogP contribution in [0.4, 0.5) is 0 Å². The molecule has 0 unspecified atom stereocenters. The molecule has 2 N–H and O–H groups in total. The Balaban J connectivity index is 2.01. The summed E-state index contributed by atoms with van der Waals surface area (Å²) in [7, 11) is -3.65. The zero-order valence-corrected chi connectivity index (χ0v) is 12.7. The van der Waals surface area contributed by atoms with Crippen LogP contribution in [0.15, 0.2) is 23.1 Å². The lowest BCUT2D eigenvalue weighted by atomic mass is 10.1. The summed E-state index contributed by atoms with van der Waals surface area (Å²) in [5.41, 5.74) is 0. The molecule has 0 amide bonds. The average molecular weight is 323 g/mol. The second-order valence-electron chi connectivity index (χ2n) is 4.60. The Bertz CT molecular complexity index is 522. The highest BCUT2D eigenvalue weighted by molar-refractivity contribution is 7.89. The molecule has 1 atom stereocenters. The van der Waals surface area contributed by atoms with E-state index in [1.165, 1.54) is 12.1 Å². The van der Waals surface area contributed by atoms with E-state index in [1.807, 2.05) is 0 Å². The van der Waals surface area contributed by atoms with Crippen molar-refractivity contribution in [2.24, 2.45) is 5.92 Å². The molecule has 7 heteroatoms. The quantitative estimate of drug-likeness (QED) is 0.874. The summed E-state index contributed by atoms with van der Waals surface area (Å²) in [5.74, 6) is 0.532. The van der Waals surface area contributed by atoms with Gasteiger partial charge in [0, 0.05) is 6.54 Å². The van der Waals surface area contributed by atoms with E-state index in [-0.39, 0.29) is 14.9 Å². The Hall–Kier alpha value is -0.330. The number of halogens is 2. The molecule has 0 spiro atoms. The molecular weight excluding hydrogens is 307 g/mol. The highest BCUT2D eigenvalue weighted by atomic mass is 35.5. The van der Waals surface area contributed by atoms with E-state index in [4.69, 9.17) is 23.2 Å². The normalized spacial score (nSPS) is 19.8. The summed E-state index contributed by atoms with van der Waals surface area (Å²) in [5, 5.41) is 3.53. The van der Waals surface area contributed by atoms with Crippen molar-refractivity contribution in [3.05, 3.63) is 28.2 Å². The maximum Gasteiger partial charge on any atom is 0.243 e. The van der Waals surface area contributed by atoms with Gasteiger partial charge in [-0.25, -0.2) is 13.1 Å². The van der Waals surface area contributed by atoms with Crippen molar-refractivity contribution >= 4 is 33.2 Å². The molecule has 4 nitrogen and oxygen atoms in total. The summed E-state index contributed by atoms with van der Waals surface area (Å²) < 4.78 is 26.9. The lowest BCUT2D eigenvalue weighted by molar-refractivity contribution is 0.519. The second-order valence-corrected chi connectivity index (χ2v) is 7.11. The number of hydrogen-bond acceptors (Lipinski definition) is 3. The molecule has 19 heavy (non-hydrogen) atoms. The minimum absolute atomic E-state index is 0.0390. The molecule has 0 radical (unpaired) electrons. The predicted octanol–water partition coefficient (Wildman–Crippen LogP) is 2.27. The minimum Gasteiger partial charge on any atom is -0.316 e. The molecule has 1 aromatic carbocycles. The fraction of sp³-hybridized carbons (Fsp3) is 0.500. The zero-order chi connectivity index (χ0) is 13.9. The van der Waals surface area contributed by atoms with Crippen molar-refractivity contribution < 1.29 is 8.42 Å². The average Bonchev–Trinajstić information content (AvgIpc) is 2.81. The van der Waals surface area contributed by atoms with Crippen LogP contribution in [-0.2, 0) is 10.0 Å². The van der Waals surface area contributed by atoms with Gasteiger partial charge in [-0.2, -0.15) is 0 Å². The van der Waals surface area contributed by atoms with Crippen molar-refractivity contribution in [2.45, 2.75) is 17.7 Å². The van der Waals surface area contributed by atoms with Gasteiger partial charge in [-0.3, -0.25) is 0 Å². The molecule has 1 heterocycles. The van der Waals surface area contributed by atoms with Crippen LogP contribution in [0.1, 0.15) is 12.8 Å². The molecule has 106 valence electrons. The first-order chi connectivity index (χ1) is 9.00. The molecular formula is C12H16Cl2N2O2S.